The fourth-order valence-corrected chi connectivity index (χ4v) is 2.84. The van der Waals surface area contributed by atoms with Gasteiger partial charge in [-0.15, -0.1) is 11.3 Å². The Morgan fingerprint density at radius 1 is 1.35 bits per heavy atom. The molecule has 0 saturated carbocycles. The van der Waals surface area contributed by atoms with Crippen molar-refractivity contribution in [2.24, 2.45) is 0 Å². The smallest absolute Gasteiger partial charge is 0.270 e. The van der Waals surface area contributed by atoms with Gasteiger partial charge in [0.05, 0.1) is 6.54 Å². The second-order valence-electron chi connectivity index (χ2n) is 3.28. The molecule has 0 atom stereocenters. The number of carbonyl (C=O) groups excluding carboxylic acids is 1. The zero-order valence-corrected chi connectivity index (χ0v) is 12.6. The van der Waals surface area contributed by atoms with E-state index in [1.165, 1.54) is 0 Å². The van der Waals surface area contributed by atoms with Crippen LogP contribution < -0.4 is 5.32 Å². The number of nitrogens with one attached hydrogen (secondary N) is 1. The summed E-state index contributed by atoms with van der Waals surface area (Å²) in [5.74, 6) is -0.165. The third-order valence-corrected chi connectivity index (χ3v) is 4.17. The van der Waals surface area contributed by atoms with E-state index in [2.05, 4.69) is 42.2 Å². The minimum atomic E-state index is -0.165. The summed E-state index contributed by atoms with van der Waals surface area (Å²) in [4.78, 5) is 16.9. The third kappa shape index (κ3) is 3.62. The molecule has 2 aromatic rings. The number of halogens is 2. The number of hydrogen-bond donors (Lipinski definition) is 1. The summed E-state index contributed by atoms with van der Waals surface area (Å²) < 4.78 is 1.89. The van der Waals surface area contributed by atoms with E-state index < -0.39 is 0 Å². The van der Waals surface area contributed by atoms with E-state index in [9.17, 15) is 4.79 Å². The Morgan fingerprint density at radius 2 is 2.18 bits per heavy atom. The quantitative estimate of drug-likeness (QED) is 0.890. The fourth-order valence-electron chi connectivity index (χ4n) is 1.21. The number of carbonyl (C=O) groups is 1. The number of rotatable bonds is 3. The van der Waals surface area contributed by atoms with Crippen LogP contribution in [0.25, 0.3) is 0 Å². The predicted octanol–water partition coefficient (Wildman–Crippen LogP) is 3.60. The molecule has 0 saturated heterocycles. The van der Waals surface area contributed by atoms with Crippen molar-refractivity contribution < 1.29 is 4.79 Å². The van der Waals surface area contributed by atoms with Crippen molar-refractivity contribution in [1.29, 1.82) is 0 Å². The summed E-state index contributed by atoms with van der Waals surface area (Å²) in [7, 11) is 0. The van der Waals surface area contributed by atoms with Gasteiger partial charge < -0.3 is 5.32 Å². The van der Waals surface area contributed by atoms with Crippen molar-refractivity contribution >= 4 is 49.1 Å². The SMILES string of the molecule is O=C(NCc1cc(Br)cs1)c1ccc(Br)cn1. The van der Waals surface area contributed by atoms with Crippen LogP contribution in [0.1, 0.15) is 15.4 Å². The van der Waals surface area contributed by atoms with Crippen LogP contribution in [0.5, 0.6) is 0 Å². The van der Waals surface area contributed by atoms with Crippen LogP contribution in [-0.2, 0) is 6.54 Å². The highest BCUT2D eigenvalue weighted by Crippen LogP contribution is 2.19. The highest BCUT2D eigenvalue weighted by molar-refractivity contribution is 9.10. The number of thiophene rings is 1. The summed E-state index contributed by atoms with van der Waals surface area (Å²) in [6, 6.07) is 5.47. The lowest BCUT2D eigenvalue weighted by Crippen LogP contribution is -2.23. The average molecular weight is 376 g/mol. The van der Waals surface area contributed by atoms with E-state index >= 15 is 0 Å². The zero-order chi connectivity index (χ0) is 12.3. The summed E-state index contributed by atoms with van der Waals surface area (Å²) in [5.41, 5.74) is 0.420. The molecule has 17 heavy (non-hydrogen) atoms. The molecule has 0 aliphatic heterocycles. The molecule has 3 nitrogen and oxygen atoms in total. The minimum Gasteiger partial charge on any atom is -0.346 e. The number of hydrogen-bond acceptors (Lipinski definition) is 3. The maximum absolute atomic E-state index is 11.7. The molecule has 0 aromatic carbocycles. The maximum Gasteiger partial charge on any atom is 0.270 e. The Labute approximate surface area is 120 Å². The minimum absolute atomic E-state index is 0.165. The molecule has 88 valence electrons. The summed E-state index contributed by atoms with van der Waals surface area (Å²) in [6.45, 7) is 0.521. The lowest BCUT2D eigenvalue weighted by Gasteiger charge is -2.02. The first-order valence-electron chi connectivity index (χ1n) is 4.78. The molecule has 0 bridgehead atoms. The second kappa shape index (κ2) is 5.75. The molecule has 1 amide bonds. The number of pyridine rings is 1. The van der Waals surface area contributed by atoms with Crippen LogP contribution in [0.3, 0.4) is 0 Å². The van der Waals surface area contributed by atoms with E-state index in [4.69, 9.17) is 0 Å². The van der Waals surface area contributed by atoms with E-state index in [1.54, 1.807) is 29.7 Å². The number of aromatic nitrogens is 1. The molecule has 0 unspecified atom stereocenters. The molecule has 2 aromatic heterocycles. The summed E-state index contributed by atoms with van der Waals surface area (Å²) in [5, 5.41) is 4.81. The molecule has 6 heteroatoms. The van der Waals surface area contributed by atoms with Gasteiger partial charge in [0.25, 0.3) is 5.91 Å². The van der Waals surface area contributed by atoms with Gasteiger partial charge in [-0.2, -0.15) is 0 Å². The zero-order valence-electron chi connectivity index (χ0n) is 8.61. The van der Waals surface area contributed by atoms with Gasteiger partial charge in [-0.05, 0) is 50.1 Å². The molecule has 0 aliphatic carbocycles. The van der Waals surface area contributed by atoms with Crippen LogP contribution in [0.4, 0.5) is 0 Å². The summed E-state index contributed by atoms with van der Waals surface area (Å²) >= 11 is 8.25. The Kier molecular flexibility index (Phi) is 4.31. The van der Waals surface area contributed by atoms with Crippen molar-refractivity contribution in [2.75, 3.05) is 0 Å². The Hall–Kier alpha value is -0.720. The topological polar surface area (TPSA) is 42.0 Å². The van der Waals surface area contributed by atoms with E-state index in [0.29, 0.717) is 12.2 Å². The van der Waals surface area contributed by atoms with Gasteiger partial charge in [-0.25, -0.2) is 4.98 Å². The largest absolute Gasteiger partial charge is 0.346 e. The first-order valence-corrected chi connectivity index (χ1v) is 7.24. The molecule has 0 spiro atoms. The molecule has 0 aliphatic rings. The Morgan fingerprint density at radius 3 is 2.76 bits per heavy atom. The number of nitrogens with zero attached hydrogens (tertiary/aromatic N) is 1. The molecule has 0 fully saturated rings. The highest BCUT2D eigenvalue weighted by atomic mass is 79.9. The van der Waals surface area contributed by atoms with Crippen LogP contribution >= 0.6 is 43.2 Å². The highest BCUT2D eigenvalue weighted by Gasteiger charge is 2.07. The Balaban J connectivity index is 1.95. The van der Waals surface area contributed by atoms with Gasteiger partial charge in [0.1, 0.15) is 5.69 Å². The molecular formula is C11H8Br2N2OS. The van der Waals surface area contributed by atoms with Crippen molar-refractivity contribution in [3.8, 4) is 0 Å². The van der Waals surface area contributed by atoms with Crippen LogP contribution in [0.2, 0.25) is 0 Å². The maximum atomic E-state index is 11.7. The van der Waals surface area contributed by atoms with Gasteiger partial charge in [-0.1, -0.05) is 0 Å². The van der Waals surface area contributed by atoms with Gasteiger partial charge >= 0.3 is 0 Å². The molecule has 1 N–H and O–H groups in total. The van der Waals surface area contributed by atoms with Crippen LogP contribution in [0.15, 0.2) is 38.7 Å². The van der Waals surface area contributed by atoms with Gasteiger partial charge in [0.2, 0.25) is 0 Å². The van der Waals surface area contributed by atoms with Gasteiger partial charge in [-0.3, -0.25) is 4.79 Å². The molecule has 2 heterocycles. The normalized spacial score (nSPS) is 10.2. The average Bonchev–Trinajstić information content (AvgIpc) is 2.73. The molecule has 2 rings (SSSR count). The van der Waals surface area contributed by atoms with Crippen molar-refractivity contribution in [3.05, 3.63) is 49.3 Å². The number of amides is 1. The van der Waals surface area contributed by atoms with Crippen LogP contribution in [-0.4, -0.2) is 10.9 Å². The summed E-state index contributed by atoms with van der Waals surface area (Å²) in [6.07, 6.45) is 1.61. The lowest BCUT2D eigenvalue weighted by molar-refractivity contribution is 0.0946. The van der Waals surface area contributed by atoms with Crippen molar-refractivity contribution in [3.63, 3.8) is 0 Å². The monoisotopic (exact) mass is 374 g/mol. The predicted molar refractivity (Wildman–Crippen MR) is 75.1 cm³/mol. The Bertz CT molecular complexity index is 525. The fraction of sp³-hybridized carbons (Fsp3) is 0.0909. The van der Waals surface area contributed by atoms with Crippen LogP contribution in [0, 0.1) is 0 Å². The third-order valence-electron chi connectivity index (χ3n) is 2.00. The standard InChI is InChI=1S/C11H8Br2N2OS/c12-7-1-2-10(14-4-7)11(16)15-5-9-3-8(13)6-17-9/h1-4,6H,5H2,(H,15,16). The molecular weight excluding hydrogens is 368 g/mol. The van der Waals surface area contributed by atoms with Gasteiger partial charge in [0.15, 0.2) is 0 Å². The first-order chi connectivity index (χ1) is 8.15. The second-order valence-corrected chi connectivity index (χ2v) is 6.10. The van der Waals surface area contributed by atoms with Crippen molar-refractivity contribution in [1.82, 2.24) is 10.3 Å². The van der Waals surface area contributed by atoms with E-state index in [0.717, 1.165) is 13.8 Å². The molecule has 0 radical (unpaired) electrons. The first kappa shape index (κ1) is 12.7. The van der Waals surface area contributed by atoms with Gasteiger partial charge in [0, 0.05) is 25.4 Å². The lowest BCUT2D eigenvalue weighted by atomic mass is 10.3. The van der Waals surface area contributed by atoms with E-state index in [-0.39, 0.29) is 5.91 Å². The van der Waals surface area contributed by atoms with Crippen molar-refractivity contribution in [2.45, 2.75) is 6.54 Å². The van der Waals surface area contributed by atoms with E-state index in [1.807, 2.05) is 11.4 Å².